The molecule has 0 amide bonds. The maximum absolute atomic E-state index is 12.6. The van der Waals surface area contributed by atoms with Gasteiger partial charge in [0.2, 0.25) is 0 Å². The summed E-state index contributed by atoms with van der Waals surface area (Å²) in [5.74, 6) is 0.316. The lowest BCUT2D eigenvalue weighted by Crippen LogP contribution is -2.22. The second-order valence-electron chi connectivity index (χ2n) is 4.43. The molecule has 2 aromatic carbocycles. The molecule has 1 aromatic heterocycles. The molecule has 96 valence electrons. The van der Waals surface area contributed by atoms with Crippen LogP contribution in [0.2, 0.25) is 0 Å². The third-order valence-electron chi connectivity index (χ3n) is 3.22. The normalized spacial score (nSPS) is 10.3. The van der Waals surface area contributed by atoms with E-state index in [2.05, 4.69) is 6.07 Å². The van der Waals surface area contributed by atoms with E-state index in [4.69, 9.17) is 11.0 Å². The number of fused-ring (bicyclic) bond motifs is 1. The summed E-state index contributed by atoms with van der Waals surface area (Å²) in [6.07, 6.45) is 0. The summed E-state index contributed by atoms with van der Waals surface area (Å²) in [4.78, 5) is 12.6. The van der Waals surface area contributed by atoms with E-state index in [1.54, 1.807) is 42.5 Å². The van der Waals surface area contributed by atoms with E-state index < -0.39 is 0 Å². The first-order valence-corrected chi connectivity index (χ1v) is 6.12. The first-order valence-electron chi connectivity index (χ1n) is 6.12. The number of nitrogens with zero attached hydrogens (tertiary/aromatic N) is 2. The fourth-order valence-electron chi connectivity index (χ4n) is 2.29. The summed E-state index contributed by atoms with van der Waals surface area (Å²) in [5.41, 5.74) is 6.69. The van der Waals surface area contributed by atoms with Gasteiger partial charge < -0.3 is 5.73 Å². The van der Waals surface area contributed by atoms with Gasteiger partial charge in [0, 0.05) is 5.39 Å². The summed E-state index contributed by atoms with van der Waals surface area (Å²) >= 11 is 0. The summed E-state index contributed by atoms with van der Waals surface area (Å²) < 4.78 is 1.38. The Labute approximate surface area is 115 Å². The largest absolute Gasteiger partial charge is 0.385 e. The number of nitrogens with two attached hydrogens (primary N) is 1. The van der Waals surface area contributed by atoms with Crippen LogP contribution in [0.15, 0.2) is 59.4 Å². The van der Waals surface area contributed by atoms with E-state index in [0.29, 0.717) is 22.5 Å². The molecule has 0 spiro atoms. The van der Waals surface area contributed by atoms with Gasteiger partial charge in [-0.1, -0.05) is 30.3 Å². The fraction of sp³-hybridized carbons (Fsp3) is 0. The summed E-state index contributed by atoms with van der Waals surface area (Å²) in [5, 5.41) is 10.5. The second kappa shape index (κ2) is 4.56. The molecule has 0 unspecified atom stereocenters. The molecule has 1 heterocycles. The average Bonchev–Trinajstić information content (AvgIpc) is 2.48. The molecule has 0 bridgehead atoms. The Morgan fingerprint density at radius 1 is 1.05 bits per heavy atom. The second-order valence-corrected chi connectivity index (χ2v) is 4.43. The van der Waals surface area contributed by atoms with Crippen LogP contribution in [0, 0.1) is 11.3 Å². The Hall–Kier alpha value is -3.06. The van der Waals surface area contributed by atoms with Gasteiger partial charge >= 0.3 is 0 Å². The number of hydrogen-bond donors (Lipinski definition) is 1. The molecule has 0 atom stereocenters. The van der Waals surface area contributed by atoms with Crippen molar-refractivity contribution in [2.45, 2.75) is 0 Å². The monoisotopic (exact) mass is 261 g/mol. The number of nitrogen functional groups attached to an aromatic ring is 1. The zero-order valence-corrected chi connectivity index (χ0v) is 10.6. The van der Waals surface area contributed by atoms with Crippen LogP contribution in [-0.2, 0) is 0 Å². The van der Waals surface area contributed by atoms with Crippen molar-refractivity contribution in [3.63, 3.8) is 0 Å². The summed E-state index contributed by atoms with van der Waals surface area (Å²) in [6, 6.07) is 18.0. The lowest BCUT2D eigenvalue weighted by atomic mass is 10.1. The molecule has 4 heteroatoms. The number of hydrogen-bond acceptors (Lipinski definition) is 3. The van der Waals surface area contributed by atoms with Gasteiger partial charge in [0.05, 0.1) is 11.3 Å². The molecule has 3 rings (SSSR count). The number of aromatic nitrogens is 1. The minimum atomic E-state index is -0.219. The Balaban J connectivity index is 2.44. The lowest BCUT2D eigenvalue weighted by molar-refractivity contribution is 1.02. The highest BCUT2D eigenvalue weighted by atomic mass is 16.1. The predicted molar refractivity (Wildman–Crippen MR) is 78.7 cm³/mol. The third kappa shape index (κ3) is 1.73. The van der Waals surface area contributed by atoms with Crippen molar-refractivity contribution in [1.29, 1.82) is 5.26 Å². The van der Waals surface area contributed by atoms with Crippen molar-refractivity contribution < 1.29 is 0 Å². The predicted octanol–water partition coefficient (Wildman–Crippen LogP) is 2.44. The van der Waals surface area contributed by atoms with Crippen LogP contribution in [0.1, 0.15) is 5.56 Å². The molecule has 0 aliphatic rings. The molecule has 0 aliphatic heterocycles. The van der Waals surface area contributed by atoms with Gasteiger partial charge in [0.1, 0.15) is 11.9 Å². The van der Waals surface area contributed by atoms with Crippen molar-refractivity contribution >= 4 is 16.6 Å². The first-order chi connectivity index (χ1) is 9.72. The molecule has 20 heavy (non-hydrogen) atoms. The molecule has 0 aliphatic carbocycles. The summed E-state index contributed by atoms with van der Waals surface area (Å²) in [7, 11) is 0. The topological polar surface area (TPSA) is 71.8 Å². The highest BCUT2D eigenvalue weighted by molar-refractivity contribution is 5.84. The van der Waals surface area contributed by atoms with Crippen LogP contribution in [0.25, 0.3) is 16.5 Å². The quantitative estimate of drug-likeness (QED) is 0.731. The van der Waals surface area contributed by atoms with Crippen molar-refractivity contribution in [2.24, 2.45) is 0 Å². The number of nitriles is 1. The fourth-order valence-corrected chi connectivity index (χ4v) is 2.29. The molecule has 2 N–H and O–H groups in total. The Morgan fingerprint density at radius 2 is 1.75 bits per heavy atom. The van der Waals surface area contributed by atoms with Gasteiger partial charge in [-0.3, -0.25) is 9.36 Å². The van der Waals surface area contributed by atoms with Gasteiger partial charge in [-0.15, -0.1) is 0 Å². The van der Waals surface area contributed by atoms with Gasteiger partial charge in [-0.2, -0.15) is 5.26 Å². The molecule has 3 aromatic rings. The Kier molecular flexibility index (Phi) is 2.73. The van der Waals surface area contributed by atoms with Crippen LogP contribution in [0.5, 0.6) is 0 Å². The highest BCUT2D eigenvalue weighted by Crippen LogP contribution is 2.19. The highest BCUT2D eigenvalue weighted by Gasteiger charge is 2.11. The molecule has 0 radical (unpaired) electrons. The van der Waals surface area contributed by atoms with Crippen molar-refractivity contribution in [1.82, 2.24) is 4.57 Å². The lowest BCUT2D eigenvalue weighted by Gasteiger charge is -2.12. The number of pyridine rings is 1. The summed E-state index contributed by atoms with van der Waals surface area (Å²) in [6.45, 7) is 0. The van der Waals surface area contributed by atoms with Crippen LogP contribution < -0.4 is 11.3 Å². The van der Waals surface area contributed by atoms with E-state index in [9.17, 15) is 4.79 Å². The van der Waals surface area contributed by atoms with Crippen molar-refractivity contribution in [3.05, 3.63) is 70.5 Å². The number of anilines is 1. The average molecular weight is 261 g/mol. The number of rotatable bonds is 1. The van der Waals surface area contributed by atoms with Gasteiger partial charge in [-0.25, -0.2) is 0 Å². The number of benzene rings is 2. The van der Waals surface area contributed by atoms with Gasteiger partial charge in [-0.05, 0) is 29.7 Å². The van der Waals surface area contributed by atoms with E-state index >= 15 is 0 Å². The van der Waals surface area contributed by atoms with E-state index in [0.717, 1.165) is 5.39 Å². The minimum Gasteiger partial charge on any atom is -0.385 e. The zero-order valence-electron chi connectivity index (χ0n) is 10.6. The van der Waals surface area contributed by atoms with E-state index in [1.807, 2.05) is 12.1 Å². The zero-order chi connectivity index (χ0) is 14.1. The molecule has 0 saturated heterocycles. The SMILES string of the molecule is N#Cc1ccccc1-n1c(N)cc2ccccc2c1=O. The molecule has 0 fully saturated rings. The third-order valence-corrected chi connectivity index (χ3v) is 3.22. The van der Waals surface area contributed by atoms with Crippen molar-refractivity contribution in [3.8, 4) is 11.8 Å². The number of para-hydroxylation sites is 1. The molecular formula is C16H11N3O. The molecular weight excluding hydrogens is 250 g/mol. The van der Waals surface area contributed by atoms with Crippen molar-refractivity contribution in [2.75, 3.05) is 5.73 Å². The Morgan fingerprint density at radius 3 is 2.55 bits per heavy atom. The van der Waals surface area contributed by atoms with Crippen LogP contribution >= 0.6 is 0 Å². The minimum absolute atomic E-state index is 0.219. The van der Waals surface area contributed by atoms with Crippen LogP contribution in [0.4, 0.5) is 5.82 Å². The maximum atomic E-state index is 12.6. The Bertz CT molecular complexity index is 903. The van der Waals surface area contributed by atoms with Gasteiger partial charge in [0.15, 0.2) is 0 Å². The van der Waals surface area contributed by atoms with Gasteiger partial charge in [0.25, 0.3) is 5.56 Å². The van der Waals surface area contributed by atoms with E-state index in [1.165, 1.54) is 4.57 Å². The van der Waals surface area contributed by atoms with Crippen LogP contribution in [0.3, 0.4) is 0 Å². The molecule has 0 saturated carbocycles. The maximum Gasteiger partial charge on any atom is 0.264 e. The first kappa shape index (κ1) is 12.0. The molecule has 4 nitrogen and oxygen atoms in total. The smallest absolute Gasteiger partial charge is 0.264 e. The van der Waals surface area contributed by atoms with E-state index in [-0.39, 0.29) is 5.56 Å². The standard InChI is InChI=1S/C16H11N3O/c17-10-12-6-2-4-8-14(12)19-15(18)9-11-5-1-3-7-13(11)16(19)20/h1-9H,18H2. The van der Waals surface area contributed by atoms with Crippen LogP contribution in [-0.4, -0.2) is 4.57 Å².